The van der Waals surface area contributed by atoms with Crippen LogP contribution in [0.15, 0.2) is 24.5 Å². The lowest BCUT2D eigenvalue weighted by Gasteiger charge is -2.35. The van der Waals surface area contributed by atoms with Crippen LogP contribution in [-0.4, -0.2) is 53.3 Å². The molecule has 2 aliphatic rings. The van der Waals surface area contributed by atoms with Crippen LogP contribution < -0.4 is 9.47 Å². The first-order chi connectivity index (χ1) is 12.2. The Labute approximate surface area is 146 Å². The fourth-order valence-corrected chi connectivity index (χ4v) is 3.50. The van der Waals surface area contributed by atoms with Crippen molar-refractivity contribution >= 4 is 5.91 Å². The Hall–Kier alpha value is -2.54. The monoisotopic (exact) mass is 343 g/mol. The van der Waals surface area contributed by atoms with E-state index in [0.717, 1.165) is 17.8 Å². The number of amides is 1. The molecule has 0 saturated carbocycles. The molecule has 7 nitrogen and oxygen atoms in total. The molecule has 7 heteroatoms. The minimum absolute atomic E-state index is 0.0410. The Morgan fingerprint density at radius 3 is 3.04 bits per heavy atom. The minimum Gasteiger partial charge on any atom is -0.486 e. The Morgan fingerprint density at radius 1 is 1.36 bits per heavy atom. The van der Waals surface area contributed by atoms with Crippen molar-refractivity contribution in [2.45, 2.75) is 19.0 Å². The first kappa shape index (κ1) is 16.0. The van der Waals surface area contributed by atoms with Gasteiger partial charge in [0.1, 0.15) is 13.2 Å². The molecule has 0 spiro atoms. The SMILES string of the molecule is COC[C@@H]1Cc2c(ncn2C)CN1C(=O)c1cccc2c1OCCO2. The number of para-hydroxylation sites is 1. The van der Waals surface area contributed by atoms with Crippen LogP contribution in [-0.2, 0) is 24.8 Å². The number of hydrogen-bond donors (Lipinski definition) is 0. The highest BCUT2D eigenvalue weighted by atomic mass is 16.6. The highest BCUT2D eigenvalue weighted by Crippen LogP contribution is 2.35. The van der Waals surface area contributed by atoms with E-state index in [2.05, 4.69) is 4.98 Å². The Kier molecular flexibility index (Phi) is 4.09. The summed E-state index contributed by atoms with van der Waals surface area (Å²) in [4.78, 5) is 19.5. The van der Waals surface area contributed by atoms with Crippen molar-refractivity contribution in [1.29, 1.82) is 0 Å². The summed E-state index contributed by atoms with van der Waals surface area (Å²) < 4.78 is 18.7. The smallest absolute Gasteiger partial charge is 0.258 e. The maximum Gasteiger partial charge on any atom is 0.258 e. The van der Waals surface area contributed by atoms with Gasteiger partial charge >= 0.3 is 0 Å². The van der Waals surface area contributed by atoms with Crippen molar-refractivity contribution in [1.82, 2.24) is 14.5 Å². The van der Waals surface area contributed by atoms with Gasteiger partial charge in [-0.1, -0.05) is 6.07 Å². The van der Waals surface area contributed by atoms with Crippen molar-refractivity contribution in [2.75, 3.05) is 26.9 Å². The van der Waals surface area contributed by atoms with Crippen molar-refractivity contribution in [3.8, 4) is 11.5 Å². The minimum atomic E-state index is -0.0827. The maximum atomic E-state index is 13.3. The number of rotatable bonds is 3. The quantitative estimate of drug-likeness (QED) is 0.843. The van der Waals surface area contributed by atoms with E-state index in [1.165, 1.54) is 0 Å². The van der Waals surface area contributed by atoms with Gasteiger partial charge in [0.15, 0.2) is 11.5 Å². The van der Waals surface area contributed by atoms with Crippen LogP contribution in [0, 0.1) is 0 Å². The average Bonchev–Trinajstić information content (AvgIpc) is 3.00. The van der Waals surface area contributed by atoms with Gasteiger partial charge in [-0.15, -0.1) is 0 Å². The van der Waals surface area contributed by atoms with Gasteiger partial charge < -0.3 is 23.7 Å². The van der Waals surface area contributed by atoms with E-state index in [9.17, 15) is 4.79 Å². The second-order valence-corrected chi connectivity index (χ2v) is 6.32. The fourth-order valence-electron chi connectivity index (χ4n) is 3.50. The summed E-state index contributed by atoms with van der Waals surface area (Å²) in [6.07, 6.45) is 2.52. The number of carbonyl (C=O) groups excluding carboxylic acids is 1. The molecule has 4 rings (SSSR count). The second kappa shape index (κ2) is 6.40. The number of hydrogen-bond acceptors (Lipinski definition) is 5. The molecule has 0 N–H and O–H groups in total. The number of imidazole rings is 1. The Morgan fingerprint density at radius 2 is 2.20 bits per heavy atom. The third-order valence-corrected chi connectivity index (χ3v) is 4.75. The van der Waals surface area contributed by atoms with Gasteiger partial charge in [-0.2, -0.15) is 0 Å². The zero-order valence-corrected chi connectivity index (χ0v) is 14.4. The van der Waals surface area contributed by atoms with E-state index >= 15 is 0 Å². The molecule has 2 aromatic rings. The first-order valence-electron chi connectivity index (χ1n) is 8.36. The highest BCUT2D eigenvalue weighted by Gasteiger charge is 2.34. The van der Waals surface area contributed by atoms with Crippen LogP contribution in [0.1, 0.15) is 21.7 Å². The van der Waals surface area contributed by atoms with Crippen LogP contribution >= 0.6 is 0 Å². The number of aromatic nitrogens is 2. The molecular formula is C18H21N3O4. The van der Waals surface area contributed by atoms with Crippen molar-refractivity contribution in [3.05, 3.63) is 41.5 Å². The van der Waals surface area contributed by atoms with E-state index in [4.69, 9.17) is 14.2 Å². The maximum absolute atomic E-state index is 13.3. The van der Waals surface area contributed by atoms with Gasteiger partial charge in [-0.3, -0.25) is 4.79 Å². The van der Waals surface area contributed by atoms with Crippen molar-refractivity contribution in [3.63, 3.8) is 0 Å². The van der Waals surface area contributed by atoms with Crippen LogP contribution in [0.5, 0.6) is 11.5 Å². The number of nitrogens with zero attached hydrogens (tertiary/aromatic N) is 3. The summed E-state index contributed by atoms with van der Waals surface area (Å²) >= 11 is 0. The number of ether oxygens (including phenoxy) is 3. The molecule has 1 aromatic heterocycles. The molecule has 0 unspecified atom stereocenters. The van der Waals surface area contributed by atoms with E-state index in [1.807, 2.05) is 28.6 Å². The van der Waals surface area contributed by atoms with E-state index in [-0.39, 0.29) is 11.9 Å². The third kappa shape index (κ3) is 2.74. The van der Waals surface area contributed by atoms with E-state index < -0.39 is 0 Å². The molecule has 0 bridgehead atoms. The predicted molar refractivity (Wildman–Crippen MR) is 89.9 cm³/mol. The summed E-state index contributed by atoms with van der Waals surface area (Å²) in [5.41, 5.74) is 2.61. The van der Waals surface area contributed by atoms with Gasteiger partial charge in [0.2, 0.25) is 0 Å². The average molecular weight is 343 g/mol. The topological polar surface area (TPSA) is 65.8 Å². The fraction of sp³-hybridized carbons (Fsp3) is 0.444. The summed E-state index contributed by atoms with van der Waals surface area (Å²) in [6.45, 7) is 1.89. The summed E-state index contributed by atoms with van der Waals surface area (Å²) in [6, 6.07) is 5.39. The van der Waals surface area contributed by atoms with Crippen LogP contribution in [0.25, 0.3) is 0 Å². The van der Waals surface area contributed by atoms with Gasteiger partial charge in [0.25, 0.3) is 5.91 Å². The lowest BCUT2D eigenvalue weighted by Crippen LogP contribution is -2.47. The summed E-state index contributed by atoms with van der Waals surface area (Å²) in [5, 5.41) is 0. The molecular weight excluding hydrogens is 322 g/mol. The molecule has 3 heterocycles. The van der Waals surface area contributed by atoms with Gasteiger partial charge in [-0.05, 0) is 12.1 Å². The zero-order chi connectivity index (χ0) is 17.4. The Bertz CT molecular complexity index is 802. The molecule has 0 radical (unpaired) electrons. The molecule has 2 aliphatic heterocycles. The summed E-state index contributed by atoms with van der Waals surface area (Å²) in [7, 11) is 3.63. The van der Waals surface area contributed by atoms with Crippen molar-refractivity contribution < 1.29 is 19.0 Å². The number of benzene rings is 1. The number of methoxy groups -OCH3 is 1. The highest BCUT2D eigenvalue weighted by molar-refractivity contribution is 5.98. The molecule has 132 valence electrons. The third-order valence-electron chi connectivity index (χ3n) is 4.75. The molecule has 1 atom stereocenters. The van der Waals surface area contributed by atoms with Crippen molar-refractivity contribution in [2.24, 2.45) is 7.05 Å². The lowest BCUT2D eigenvalue weighted by atomic mass is 10.0. The molecule has 25 heavy (non-hydrogen) atoms. The summed E-state index contributed by atoms with van der Waals surface area (Å²) in [5.74, 6) is 1.07. The zero-order valence-electron chi connectivity index (χ0n) is 14.4. The molecule has 0 fully saturated rings. The molecule has 0 saturated heterocycles. The molecule has 1 aromatic carbocycles. The van der Waals surface area contributed by atoms with Crippen LogP contribution in [0.3, 0.4) is 0 Å². The lowest BCUT2D eigenvalue weighted by molar-refractivity contribution is 0.0460. The normalized spacial score (nSPS) is 18.8. The van der Waals surface area contributed by atoms with E-state index in [0.29, 0.717) is 43.4 Å². The van der Waals surface area contributed by atoms with Gasteiger partial charge in [0.05, 0.1) is 36.8 Å². The number of carbonyl (C=O) groups is 1. The predicted octanol–water partition coefficient (Wildman–Crippen LogP) is 1.40. The number of aryl methyl sites for hydroxylation is 1. The van der Waals surface area contributed by atoms with Gasteiger partial charge in [-0.25, -0.2) is 4.98 Å². The standard InChI is InChI=1S/C18H21N3O4/c1-20-11-19-14-9-21(12(10-23-2)8-15(14)20)18(22)13-4-3-5-16-17(13)25-7-6-24-16/h3-5,11-12H,6-10H2,1-2H3/t12-/m0/s1. The largest absolute Gasteiger partial charge is 0.486 e. The first-order valence-corrected chi connectivity index (χ1v) is 8.36. The van der Waals surface area contributed by atoms with E-state index in [1.54, 1.807) is 19.5 Å². The second-order valence-electron chi connectivity index (χ2n) is 6.32. The van der Waals surface area contributed by atoms with Crippen LogP contribution in [0.2, 0.25) is 0 Å². The van der Waals surface area contributed by atoms with Gasteiger partial charge in [0, 0.05) is 26.3 Å². The Balaban J connectivity index is 1.69. The molecule has 0 aliphatic carbocycles. The van der Waals surface area contributed by atoms with Crippen LogP contribution in [0.4, 0.5) is 0 Å². The number of fused-ring (bicyclic) bond motifs is 2. The molecule has 1 amide bonds.